The molecular weight excluding hydrogens is 372 g/mol. The molecule has 0 spiro atoms. The second-order valence-electron chi connectivity index (χ2n) is 6.90. The van der Waals surface area contributed by atoms with E-state index in [1.165, 1.54) is 5.56 Å². The fourth-order valence-electron chi connectivity index (χ4n) is 3.29. The van der Waals surface area contributed by atoms with Gasteiger partial charge >= 0.3 is 5.97 Å². The molecule has 0 saturated carbocycles. The summed E-state index contributed by atoms with van der Waals surface area (Å²) in [6.07, 6.45) is 2.74. The molecule has 2 heterocycles. The van der Waals surface area contributed by atoms with Crippen LogP contribution in [0, 0.1) is 0 Å². The van der Waals surface area contributed by atoms with Gasteiger partial charge in [0.1, 0.15) is 0 Å². The molecule has 1 aliphatic rings. The Balaban J connectivity index is 1.24. The lowest BCUT2D eigenvalue weighted by Crippen LogP contribution is -2.29. The number of hydrogen-bond donors (Lipinski definition) is 2. The lowest BCUT2D eigenvalue weighted by molar-refractivity contribution is -0.153. The minimum atomic E-state index is -0.888. The van der Waals surface area contributed by atoms with Crippen LogP contribution in [0.1, 0.15) is 25.3 Å². The molecule has 1 atom stereocenters. The van der Waals surface area contributed by atoms with Gasteiger partial charge in [0.05, 0.1) is 0 Å². The largest absolute Gasteiger partial charge is 0.454 e. The van der Waals surface area contributed by atoms with E-state index in [0.717, 1.165) is 17.3 Å². The molecule has 29 heavy (non-hydrogen) atoms. The van der Waals surface area contributed by atoms with Gasteiger partial charge in [-0.3, -0.25) is 9.59 Å². The van der Waals surface area contributed by atoms with Gasteiger partial charge in [0.25, 0.3) is 5.91 Å². The molecule has 1 amide bonds. The predicted molar refractivity (Wildman–Crippen MR) is 108 cm³/mol. The zero-order valence-electron chi connectivity index (χ0n) is 16.1. The van der Waals surface area contributed by atoms with Crippen molar-refractivity contribution >= 4 is 28.5 Å². The summed E-state index contributed by atoms with van der Waals surface area (Å²) in [4.78, 5) is 27.6. The topological polar surface area (TPSA) is 89.7 Å². The third kappa shape index (κ3) is 4.34. The van der Waals surface area contributed by atoms with Gasteiger partial charge in [0, 0.05) is 35.3 Å². The van der Waals surface area contributed by atoms with Gasteiger partial charge in [-0.2, -0.15) is 0 Å². The van der Waals surface area contributed by atoms with Crippen molar-refractivity contribution in [2.24, 2.45) is 0 Å². The average molecular weight is 394 g/mol. The second-order valence-corrected chi connectivity index (χ2v) is 6.90. The molecule has 0 radical (unpaired) electrons. The maximum absolute atomic E-state index is 12.3. The van der Waals surface area contributed by atoms with E-state index in [9.17, 15) is 9.59 Å². The SMILES string of the molecule is C[C@H](OC(=O)CCCc1c[nH]c2ccccc12)C(=O)Nc1ccc2c(c1)OCO2. The van der Waals surface area contributed by atoms with Crippen LogP contribution in [0.2, 0.25) is 0 Å². The Morgan fingerprint density at radius 2 is 2.00 bits per heavy atom. The number of anilines is 1. The first kappa shape index (κ1) is 18.9. The number of aromatic amines is 1. The lowest BCUT2D eigenvalue weighted by atomic mass is 10.1. The van der Waals surface area contributed by atoms with Crippen molar-refractivity contribution in [2.45, 2.75) is 32.3 Å². The van der Waals surface area contributed by atoms with E-state index in [2.05, 4.69) is 16.4 Å². The maximum atomic E-state index is 12.3. The van der Waals surface area contributed by atoms with Gasteiger partial charge in [-0.1, -0.05) is 18.2 Å². The first-order valence-corrected chi connectivity index (χ1v) is 9.55. The number of hydrogen-bond acceptors (Lipinski definition) is 5. The highest BCUT2D eigenvalue weighted by Gasteiger charge is 2.19. The first-order chi connectivity index (χ1) is 14.1. The summed E-state index contributed by atoms with van der Waals surface area (Å²) in [5, 5.41) is 3.88. The minimum absolute atomic E-state index is 0.166. The molecule has 3 aromatic rings. The van der Waals surface area contributed by atoms with Crippen molar-refractivity contribution in [3.8, 4) is 11.5 Å². The molecule has 0 fully saturated rings. The summed E-state index contributed by atoms with van der Waals surface area (Å²) in [5.74, 6) is 0.425. The predicted octanol–water partition coefficient (Wildman–Crippen LogP) is 3.79. The molecular formula is C22H22N2O5. The highest BCUT2D eigenvalue weighted by Crippen LogP contribution is 2.34. The lowest BCUT2D eigenvalue weighted by Gasteiger charge is -2.13. The number of ether oxygens (including phenoxy) is 3. The molecule has 0 saturated heterocycles. The third-order valence-corrected chi connectivity index (χ3v) is 4.82. The van der Waals surface area contributed by atoms with Gasteiger partial charge in [-0.05, 0) is 43.5 Å². The third-order valence-electron chi connectivity index (χ3n) is 4.82. The fourth-order valence-corrected chi connectivity index (χ4v) is 3.29. The summed E-state index contributed by atoms with van der Waals surface area (Å²) in [6, 6.07) is 13.2. The average Bonchev–Trinajstić information content (AvgIpc) is 3.34. The van der Waals surface area contributed by atoms with Crippen molar-refractivity contribution in [1.82, 2.24) is 4.98 Å². The number of para-hydroxylation sites is 1. The number of rotatable bonds is 7. The Morgan fingerprint density at radius 1 is 1.17 bits per heavy atom. The number of esters is 1. The van der Waals surface area contributed by atoms with Crippen LogP contribution >= 0.6 is 0 Å². The summed E-state index contributed by atoms with van der Waals surface area (Å²) in [6.45, 7) is 1.72. The highest BCUT2D eigenvalue weighted by atomic mass is 16.7. The van der Waals surface area contributed by atoms with Crippen LogP contribution in [0.15, 0.2) is 48.7 Å². The van der Waals surface area contributed by atoms with Crippen molar-refractivity contribution in [2.75, 3.05) is 12.1 Å². The summed E-state index contributed by atoms with van der Waals surface area (Å²) < 4.78 is 15.8. The van der Waals surface area contributed by atoms with Crippen LogP contribution in [-0.2, 0) is 20.7 Å². The van der Waals surface area contributed by atoms with E-state index in [4.69, 9.17) is 14.2 Å². The quantitative estimate of drug-likeness (QED) is 0.595. The van der Waals surface area contributed by atoms with Crippen molar-refractivity contribution in [3.63, 3.8) is 0 Å². The Morgan fingerprint density at radius 3 is 2.90 bits per heavy atom. The van der Waals surface area contributed by atoms with E-state index in [1.54, 1.807) is 25.1 Å². The van der Waals surface area contributed by atoms with Gasteiger partial charge in [-0.25, -0.2) is 0 Å². The number of nitrogens with one attached hydrogen (secondary N) is 2. The van der Waals surface area contributed by atoms with Gasteiger partial charge in [0.15, 0.2) is 17.6 Å². The van der Waals surface area contributed by atoms with Crippen LogP contribution in [-0.4, -0.2) is 29.8 Å². The molecule has 0 unspecified atom stereocenters. The first-order valence-electron chi connectivity index (χ1n) is 9.55. The number of fused-ring (bicyclic) bond motifs is 2. The van der Waals surface area contributed by atoms with Gasteiger partial charge in [0.2, 0.25) is 6.79 Å². The molecule has 7 heteroatoms. The zero-order valence-corrected chi connectivity index (χ0v) is 16.1. The molecule has 7 nitrogen and oxygen atoms in total. The van der Waals surface area contributed by atoms with Gasteiger partial charge < -0.3 is 24.5 Å². The van der Waals surface area contributed by atoms with E-state index >= 15 is 0 Å². The summed E-state index contributed by atoms with van der Waals surface area (Å²) >= 11 is 0. The fraction of sp³-hybridized carbons (Fsp3) is 0.273. The highest BCUT2D eigenvalue weighted by molar-refractivity contribution is 5.95. The molecule has 0 bridgehead atoms. The molecule has 0 aliphatic carbocycles. The summed E-state index contributed by atoms with van der Waals surface area (Å²) in [5.41, 5.74) is 2.81. The Bertz CT molecular complexity index is 1040. The Hall–Kier alpha value is -3.48. The van der Waals surface area contributed by atoms with E-state index in [-0.39, 0.29) is 13.2 Å². The van der Waals surface area contributed by atoms with Crippen LogP contribution < -0.4 is 14.8 Å². The van der Waals surface area contributed by atoms with Crippen LogP contribution in [0.25, 0.3) is 10.9 Å². The molecule has 150 valence electrons. The van der Waals surface area contributed by atoms with Crippen molar-refractivity contribution in [1.29, 1.82) is 0 Å². The molecule has 1 aliphatic heterocycles. The number of aryl methyl sites for hydroxylation is 1. The normalized spacial score (nSPS) is 13.3. The maximum Gasteiger partial charge on any atom is 0.306 e. The minimum Gasteiger partial charge on any atom is -0.454 e. The van der Waals surface area contributed by atoms with Crippen molar-refractivity contribution in [3.05, 3.63) is 54.2 Å². The molecule has 2 aromatic carbocycles. The standard InChI is InChI=1S/C22H22N2O5/c1-14(22(26)24-16-9-10-19-20(11-16)28-13-27-19)29-21(25)8-4-5-15-12-23-18-7-3-2-6-17(15)18/h2-3,6-7,9-12,14,23H,4-5,8,13H2,1H3,(H,24,26)/t14-/m0/s1. The number of aromatic nitrogens is 1. The number of carbonyl (C=O) groups is 2. The van der Waals surface area contributed by atoms with E-state index < -0.39 is 18.0 Å². The van der Waals surface area contributed by atoms with Crippen LogP contribution in [0.4, 0.5) is 5.69 Å². The zero-order chi connectivity index (χ0) is 20.2. The second kappa shape index (κ2) is 8.26. The number of amides is 1. The number of benzene rings is 2. The smallest absolute Gasteiger partial charge is 0.306 e. The molecule has 1 aromatic heterocycles. The summed E-state index contributed by atoms with van der Waals surface area (Å²) in [7, 11) is 0. The van der Waals surface area contributed by atoms with Crippen molar-refractivity contribution < 1.29 is 23.8 Å². The monoisotopic (exact) mass is 394 g/mol. The Labute approximate surface area is 168 Å². The van der Waals surface area contributed by atoms with Gasteiger partial charge in [-0.15, -0.1) is 0 Å². The van der Waals surface area contributed by atoms with Crippen LogP contribution in [0.3, 0.4) is 0 Å². The number of carbonyl (C=O) groups excluding carboxylic acids is 2. The molecule has 4 rings (SSSR count). The van der Waals surface area contributed by atoms with E-state index in [0.29, 0.717) is 23.6 Å². The van der Waals surface area contributed by atoms with E-state index in [1.807, 2.05) is 24.4 Å². The van der Waals surface area contributed by atoms with Crippen LogP contribution in [0.5, 0.6) is 11.5 Å². The molecule has 2 N–H and O–H groups in total. The number of H-pyrrole nitrogens is 1. The Kier molecular flexibility index (Phi) is 5.37.